The van der Waals surface area contributed by atoms with E-state index in [0.717, 1.165) is 0 Å². The van der Waals surface area contributed by atoms with Crippen molar-refractivity contribution < 1.29 is 18.1 Å². The normalized spacial score (nSPS) is 14.6. The van der Waals surface area contributed by atoms with E-state index in [1.165, 1.54) is 22.8 Å². The third kappa shape index (κ3) is 8.98. The molecule has 10 heteroatoms. The zero-order valence-electron chi connectivity index (χ0n) is 11.1. The first-order valence-corrected chi connectivity index (χ1v) is 14.0. The average molecular weight is 380 g/mol. The smallest absolute Gasteiger partial charge is 0.307 e. The van der Waals surface area contributed by atoms with E-state index in [1.807, 2.05) is 20.8 Å². The van der Waals surface area contributed by atoms with E-state index in [0.29, 0.717) is 24.9 Å². The Kier molecular flexibility index (Phi) is 11.6. The minimum absolute atomic E-state index is 0.460. The maximum Gasteiger partial charge on any atom is 0.307 e. The molecule has 0 fully saturated rings. The summed E-state index contributed by atoms with van der Waals surface area (Å²) in [5.41, 5.74) is -4.80. The maximum atomic E-state index is 5.51. The van der Waals surface area contributed by atoms with Gasteiger partial charge in [0.15, 0.2) is 0 Å². The van der Waals surface area contributed by atoms with Crippen LogP contribution < -0.4 is 0 Å². The lowest BCUT2D eigenvalue weighted by Crippen LogP contribution is -1.93. The van der Waals surface area contributed by atoms with Crippen LogP contribution in [0, 0.1) is 12.5 Å². The molecule has 0 N–H and O–H groups in total. The van der Waals surface area contributed by atoms with Gasteiger partial charge in [-0.2, -0.15) is 0 Å². The summed E-state index contributed by atoms with van der Waals surface area (Å²) >= 11 is 13.5. The molecule has 0 aliphatic rings. The van der Waals surface area contributed by atoms with E-state index < -0.39 is 11.4 Å². The molecular weight excluding hydrogens is 362 g/mol. The molecule has 4 nitrogen and oxygen atoms in total. The second kappa shape index (κ2) is 10.9. The van der Waals surface area contributed by atoms with Gasteiger partial charge in [-0.3, -0.25) is 0 Å². The summed E-state index contributed by atoms with van der Waals surface area (Å²) in [5.74, 6) is 0. The maximum absolute atomic E-state index is 5.51. The van der Waals surface area contributed by atoms with Crippen LogP contribution >= 0.6 is 34.2 Å². The first-order chi connectivity index (χ1) is 8.95. The van der Waals surface area contributed by atoms with Crippen LogP contribution in [0.15, 0.2) is 0 Å². The van der Waals surface area contributed by atoms with Gasteiger partial charge in [0, 0.05) is 0 Å². The summed E-state index contributed by atoms with van der Waals surface area (Å²) in [6.45, 7) is 7.13. The molecule has 0 heterocycles. The monoisotopic (exact) mass is 380 g/mol. The Morgan fingerprint density at radius 3 is 1.79 bits per heavy atom. The Morgan fingerprint density at radius 1 is 0.947 bits per heavy atom. The quantitative estimate of drug-likeness (QED) is 0.293. The standard InChI is InChI=1S/C9H18O4P2S4/c1-5-10-14(16,11-6-2)18-9-19-15(17,12-7-3)13-8-4/h1H,6-9H2,2-4H3. The van der Waals surface area contributed by atoms with Crippen LogP contribution in [-0.4, -0.2) is 24.9 Å². The van der Waals surface area contributed by atoms with Crippen molar-refractivity contribution in [2.45, 2.75) is 20.8 Å². The molecule has 0 amide bonds. The Morgan fingerprint density at radius 2 is 1.37 bits per heavy atom. The molecule has 0 aromatic heterocycles. The van der Waals surface area contributed by atoms with Crippen molar-refractivity contribution in [2.24, 2.45) is 0 Å². The van der Waals surface area contributed by atoms with Gasteiger partial charge in [0.2, 0.25) is 5.69 Å². The second-order valence-corrected chi connectivity index (χ2v) is 15.6. The largest absolute Gasteiger partial charge is 0.383 e. The highest BCUT2D eigenvalue weighted by Gasteiger charge is 2.24. The first-order valence-electron chi connectivity index (χ1n) is 5.52. The van der Waals surface area contributed by atoms with Crippen molar-refractivity contribution >= 4 is 57.8 Å². The fraction of sp³-hybridized carbons (Fsp3) is 0.778. The van der Waals surface area contributed by atoms with Crippen molar-refractivity contribution in [3.8, 4) is 12.5 Å². The second-order valence-electron chi connectivity index (χ2n) is 2.73. The molecule has 0 saturated heterocycles. The van der Waals surface area contributed by atoms with E-state index in [2.05, 4.69) is 6.11 Å². The fourth-order valence-corrected chi connectivity index (χ4v) is 12.9. The summed E-state index contributed by atoms with van der Waals surface area (Å²) in [6, 6.07) is 0. The van der Waals surface area contributed by atoms with Crippen LogP contribution in [0.3, 0.4) is 0 Å². The third-order valence-electron chi connectivity index (χ3n) is 1.45. The van der Waals surface area contributed by atoms with E-state index in [-0.39, 0.29) is 0 Å². The van der Waals surface area contributed by atoms with E-state index in [1.54, 1.807) is 0 Å². The van der Waals surface area contributed by atoms with Gasteiger partial charge in [0.1, 0.15) is 6.11 Å². The van der Waals surface area contributed by atoms with Crippen molar-refractivity contribution in [3.63, 3.8) is 0 Å². The van der Waals surface area contributed by atoms with Gasteiger partial charge in [-0.25, -0.2) is 0 Å². The number of rotatable bonds is 11. The van der Waals surface area contributed by atoms with Gasteiger partial charge in [-0.1, -0.05) is 17.8 Å². The summed E-state index contributed by atoms with van der Waals surface area (Å²) in [4.78, 5) is 0. The number of hydrogen-bond donors (Lipinski definition) is 0. The van der Waals surface area contributed by atoms with Crippen molar-refractivity contribution in [3.05, 3.63) is 0 Å². The van der Waals surface area contributed by atoms with Gasteiger partial charge >= 0.3 is 5.69 Å². The van der Waals surface area contributed by atoms with Crippen molar-refractivity contribution in [2.75, 3.05) is 24.9 Å². The van der Waals surface area contributed by atoms with Crippen molar-refractivity contribution in [1.29, 1.82) is 0 Å². The molecule has 0 aromatic rings. The van der Waals surface area contributed by atoms with Gasteiger partial charge in [-0.05, 0) is 55.8 Å². The van der Waals surface area contributed by atoms with Crippen LogP contribution in [0.1, 0.15) is 20.8 Å². The summed E-state index contributed by atoms with van der Waals surface area (Å²) in [6.07, 6.45) is 7.23. The topological polar surface area (TPSA) is 36.9 Å². The predicted octanol–water partition coefficient (Wildman–Crippen LogP) is 4.58. The lowest BCUT2D eigenvalue weighted by molar-refractivity contribution is 0.280. The first kappa shape index (κ1) is 20.2. The minimum atomic E-state index is -2.49. The van der Waals surface area contributed by atoms with Crippen LogP contribution in [0.25, 0.3) is 0 Å². The van der Waals surface area contributed by atoms with E-state index >= 15 is 0 Å². The van der Waals surface area contributed by atoms with Crippen molar-refractivity contribution in [1.82, 2.24) is 0 Å². The molecule has 0 spiro atoms. The molecule has 0 rings (SSSR count). The lowest BCUT2D eigenvalue weighted by Gasteiger charge is -2.21. The van der Waals surface area contributed by atoms with Crippen LogP contribution in [-0.2, 0) is 41.7 Å². The molecule has 0 radical (unpaired) electrons. The van der Waals surface area contributed by atoms with E-state index in [9.17, 15) is 0 Å². The molecule has 0 aromatic carbocycles. The number of terminal acetylenes is 1. The molecule has 0 aliphatic heterocycles. The summed E-state index contributed by atoms with van der Waals surface area (Å²) in [5, 5.41) is 0.566. The molecule has 112 valence electrons. The van der Waals surface area contributed by atoms with Crippen LogP contribution in [0.2, 0.25) is 0 Å². The highest BCUT2D eigenvalue weighted by Crippen LogP contribution is 2.67. The Labute approximate surface area is 133 Å². The molecular formula is C9H18O4P2S4. The highest BCUT2D eigenvalue weighted by molar-refractivity contribution is 8.76. The predicted molar refractivity (Wildman–Crippen MR) is 93.4 cm³/mol. The van der Waals surface area contributed by atoms with Gasteiger partial charge in [0.25, 0.3) is 0 Å². The summed E-state index contributed by atoms with van der Waals surface area (Å²) < 4.78 is 21.5. The SMILES string of the molecule is C#COP(=S)(OCC)SCSP(=S)(OCC)OCC. The molecule has 0 aliphatic carbocycles. The number of hydrogen-bond acceptors (Lipinski definition) is 8. The molecule has 0 saturated carbocycles. The fourth-order valence-electron chi connectivity index (χ4n) is 0.893. The Balaban J connectivity index is 4.41. The minimum Gasteiger partial charge on any atom is -0.383 e. The zero-order chi connectivity index (χ0) is 14.8. The highest BCUT2D eigenvalue weighted by atomic mass is 32.9. The molecule has 19 heavy (non-hydrogen) atoms. The Hall–Kier alpha value is 1.24. The zero-order valence-corrected chi connectivity index (χ0v) is 16.1. The van der Waals surface area contributed by atoms with Gasteiger partial charge in [-0.15, -0.1) is 0 Å². The average Bonchev–Trinajstić information content (AvgIpc) is 2.29. The van der Waals surface area contributed by atoms with Gasteiger partial charge in [0.05, 0.1) is 24.9 Å². The molecule has 1 unspecified atom stereocenters. The Bertz CT molecular complexity index is 375. The third-order valence-corrected chi connectivity index (χ3v) is 13.0. The lowest BCUT2D eigenvalue weighted by atomic mass is 10.9. The van der Waals surface area contributed by atoms with Gasteiger partial charge < -0.3 is 18.1 Å². The van der Waals surface area contributed by atoms with E-state index in [4.69, 9.17) is 48.1 Å². The molecule has 0 bridgehead atoms. The van der Waals surface area contributed by atoms with Crippen LogP contribution in [0.5, 0.6) is 0 Å². The summed E-state index contributed by atoms with van der Waals surface area (Å²) in [7, 11) is 0. The van der Waals surface area contributed by atoms with Crippen LogP contribution in [0.4, 0.5) is 0 Å². The molecule has 1 atom stereocenters.